The van der Waals surface area contributed by atoms with Crippen LogP contribution in [0, 0.1) is 12.8 Å². The summed E-state index contributed by atoms with van der Waals surface area (Å²) in [6.07, 6.45) is 1.02. The Morgan fingerprint density at radius 2 is 1.86 bits per heavy atom. The molecule has 0 saturated carbocycles. The highest BCUT2D eigenvalue weighted by atomic mass is 16.5. The molecule has 0 aromatic heterocycles. The van der Waals surface area contributed by atoms with E-state index in [2.05, 4.69) is 22.5 Å². The molecule has 1 atom stereocenters. The van der Waals surface area contributed by atoms with Gasteiger partial charge < -0.3 is 25.0 Å². The third-order valence-electron chi connectivity index (χ3n) is 6.85. The van der Waals surface area contributed by atoms with Gasteiger partial charge in [0.2, 0.25) is 11.8 Å². The van der Waals surface area contributed by atoms with Crippen molar-refractivity contribution in [3.63, 3.8) is 0 Å². The van der Waals surface area contributed by atoms with E-state index < -0.39 is 0 Å². The van der Waals surface area contributed by atoms with Crippen molar-refractivity contribution in [1.29, 1.82) is 0 Å². The molecule has 9 nitrogen and oxygen atoms in total. The molecule has 2 saturated heterocycles. The molecule has 0 bridgehead atoms. The first-order chi connectivity index (χ1) is 17.9. The fraction of sp³-hybridized carbons (Fsp3) is 0.464. The first-order valence-corrected chi connectivity index (χ1v) is 12.9. The van der Waals surface area contributed by atoms with Crippen LogP contribution in [0.5, 0.6) is 5.75 Å². The van der Waals surface area contributed by atoms with E-state index in [0.717, 1.165) is 56.1 Å². The van der Waals surface area contributed by atoms with Crippen LogP contribution in [0.25, 0.3) is 0 Å². The zero-order chi connectivity index (χ0) is 26.2. The van der Waals surface area contributed by atoms with E-state index in [1.165, 1.54) is 0 Å². The van der Waals surface area contributed by atoms with Crippen LogP contribution in [0.4, 0.5) is 11.4 Å². The van der Waals surface area contributed by atoms with Crippen LogP contribution in [0.15, 0.2) is 42.5 Å². The predicted octanol–water partition coefficient (Wildman–Crippen LogP) is 2.38. The van der Waals surface area contributed by atoms with E-state index in [4.69, 9.17) is 9.47 Å². The maximum Gasteiger partial charge on any atom is 0.262 e. The topological polar surface area (TPSA) is 100 Å². The molecule has 0 radical (unpaired) electrons. The van der Waals surface area contributed by atoms with E-state index in [9.17, 15) is 14.4 Å². The molecule has 2 fully saturated rings. The summed E-state index contributed by atoms with van der Waals surface area (Å²) in [4.78, 5) is 41.6. The monoisotopic (exact) mass is 508 g/mol. The van der Waals surface area contributed by atoms with Gasteiger partial charge in [0.25, 0.3) is 5.91 Å². The summed E-state index contributed by atoms with van der Waals surface area (Å²) in [6, 6.07) is 13.0. The van der Waals surface area contributed by atoms with Gasteiger partial charge in [-0.2, -0.15) is 0 Å². The van der Waals surface area contributed by atoms with Gasteiger partial charge in [0, 0.05) is 50.5 Å². The largest absolute Gasteiger partial charge is 0.484 e. The third-order valence-corrected chi connectivity index (χ3v) is 6.85. The van der Waals surface area contributed by atoms with Crippen molar-refractivity contribution in [2.75, 3.05) is 62.8 Å². The second-order valence-electron chi connectivity index (χ2n) is 9.44. The second kappa shape index (κ2) is 12.7. The summed E-state index contributed by atoms with van der Waals surface area (Å²) < 4.78 is 11.0. The van der Waals surface area contributed by atoms with Crippen LogP contribution in [0.3, 0.4) is 0 Å². The molecular weight excluding hydrogens is 472 g/mol. The molecule has 2 heterocycles. The molecule has 9 heteroatoms. The summed E-state index contributed by atoms with van der Waals surface area (Å²) in [5.41, 5.74) is 3.63. The number of amides is 3. The average molecular weight is 509 g/mol. The van der Waals surface area contributed by atoms with Crippen LogP contribution in [-0.4, -0.2) is 75.2 Å². The summed E-state index contributed by atoms with van der Waals surface area (Å²) in [5, 5.41) is 5.92. The number of rotatable bonds is 10. The number of anilines is 2. The Balaban J connectivity index is 1.24. The standard InChI is InChI=1S/C28H36N4O5/c1-3-21-6-4-5-20(2)27(21)30-25(33)19-37-24-9-7-23(8-10-24)32-18-22(17-26(32)34)28(35)29-11-12-31-13-15-36-16-14-31/h4-10,22H,3,11-19H2,1-2H3,(H,29,35)(H,30,33)/t22-/m1/s1. The predicted molar refractivity (Wildman–Crippen MR) is 142 cm³/mol. The number of nitrogens with one attached hydrogen (secondary N) is 2. The van der Waals surface area contributed by atoms with E-state index in [1.54, 1.807) is 29.2 Å². The lowest BCUT2D eigenvalue weighted by Gasteiger charge is -2.26. The summed E-state index contributed by atoms with van der Waals surface area (Å²) in [5.74, 6) is -0.235. The highest BCUT2D eigenvalue weighted by molar-refractivity contribution is 6.00. The molecule has 2 aromatic rings. The minimum Gasteiger partial charge on any atom is -0.484 e. The Kier molecular flexibility index (Phi) is 9.14. The van der Waals surface area contributed by atoms with Crippen LogP contribution >= 0.6 is 0 Å². The molecule has 37 heavy (non-hydrogen) atoms. The molecule has 4 rings (SSSR count). The van der Waals surface area contributed by atoms with Gasteiger partial charge in [-0.1, -0.05) is 25.1 Å². The third kappa shape index (κ3) is 7.08. The number of ether oxygens (including phenoxy) is 2. The van der Waals surface area contributed by atoms with Crippen LogP contribution < -0.4 is 20.3 Å². The summed E-state index contributed by atoms with van der Waals surface area (Å²) in [6.45, 7) is 8.80. The Labute approximate surface area is 218 Å². The van der Waals surface area contributed by atoms with Crippen molar-refractivity contribution >= 4 is 29.1 Å². The van der Waals surface area contributed by atoms with Gasteiger partial charge in [-0.25, -0.2) is 0 Å². The van der Waals surface area contributed by atoms with Gasteiger partial charge in [-0.3, -0.25) is 19.3 Å². The second-order valence-corrected chi connectivity index (χ2v) is 9.44. The number of hydrogen-bond acceptors (Lipinski definition) is 6. The molecule has 2 aromatic carbocycles. The maximum absolute atomic E-state index is 12.6. The van der Waals surface area contributed by atoms with Crippen molar-refractivity contribution < 1.29 is 23.9 Å². The van der Waals surface area contributed by atoms with Crippen molar-refractivity contribution in [2.24, 2.45) is 5.92 Å². The maximum atomic E-state index is 12.6. The van der Waals surface area contributed by atoms with Crippen molar-refractivity contribution in [1.82, 2.24) is 10.2 Å². The number of hydrogen-bond donors (Lipinski definition) is 2. The Morgan fingerprint density at radius 1 is 1.11 bits per heavy atom. The number of carbonyl (C=O) groups is 3. The van der Waals surface area contributed by atoms with Gasteiger partial charge in [0.05, 0.1) is 19.1 Å². The van der Waals surface area contributed by atoms with Gasteiger partial charge in [0.1, 0.15) is 5.75 Å². The fourth-order valence-corrected chi connectivity index (χ4v) is 4.69. The van der Waals surface area contributed by atoms with Gasteiger partial charge >= 0.3 is 0 Å². The zero-order valence-electron chi connectivity index (χ0n) is 21.6. The normalized spacial score (nSPS) is 18.1. The number of carbonyl (C=O) groups excluding carboxylic acids is 3. The lowest BCUT2D eigenvalue weighted by Crippen LogP contribution is -2.42. The minimum atomic E-state index is -0.369. The first-order valence-electron chi connectivity index (χ1n) is 12.9. The molecule has 2 aliphatic heterocycles. The van der Waals surface area contributed by atoms with Crippen molar-refractivity contribution in [2.45, 2.75) is 26.7 Å². The quantitative estimate of drug-likeness (QED) is 0.511. The zero-order valence-corrected chi connectivity index (χ0v) is 21.6. The molecule has 3 amide bonds. The van der Waals surface area contributed by atoms with E-state index in [-0.39, 0.29) is 36.7 Å². The Bertz CT molecular complexity index is 1100. The Morgan fingerprint density at radius 3 is 2.59 bits per heavy atom. The van der Waals surface area contributed by atoms with Crippen molar-refractivity contribution in [3.05, 3.63) is 53.6 Å². The van der Waals surface area contributed by atoms with Gasteiger partial charge in [-0.05, 0) is 48.7 Å². The molecule has 198 valence electrons. The van der Waals surface area contributed by atoms with Crippen LogP contribution in [-0.2, 0) is 25.5 Å². The number of morpholine rings is 1. The van der Waals surface area contributed by atoms with Gasteiger partial charge in [-0.15, -0.1) is 0 Å². The van der Waals surface area contributed by atoms with Gasteiger partial charge in [0.15, 0.2) is 6.61 Å². The number of benzene rings is 2. The van der Waals surface area contributed by atoms with E-state index in [1.807, 2.05) is 25.1 Å². The van der Waals surface area contributed by atoms with E-state index >= 15 is 0 Å². The lowest BCUT2D eigenvalue weighted by molar-refractivity contribution is -0.126. The highest BCUT2D eigenvalue weighted by Crippen LogP contribution is 2.27. The SMILES string of the molecule is CCc1cccc(C)c1NC(=O)COc1ccc(N2C[C@H](C(=O)NCCN3CCOCC3)CC2=O)cc1. The molecule has 0 spiro atoms. The first kappa shape index (κ1) is 26.6. The lowest BCUT2D eigenvalue weighted by atomic mass is 10.1. The Hall–Kier alpha value is -3.43. The molecule has 2 aliphatic rings. The molecular formula is C28H36N4O5. The number of para-hydroxylation sites is 1. The van der Waals surface area contributed by atoms with Crippen LogP contribution in [0.1, 0.15) is 24.5 Å². The fourth-order valence-electron chi connectivity index (χ4n) is 4.69. The smallest absolute Gasteiger partial charge is 0.262 e. The number of aryl methyl sites for hydroxylation is 2. The minimum absolute atomic E-state index is 0.0775. The summed E-state index contributed by atoms with van der Waals surface area (Å²) >= 11 is 0. The number of nitrogens with zero attached hydrogens (tertiary/aromatic N) is 2. The van der Waals surface area contributed by atoms with E-state index in [0.29, 0.717) is 24.5 Å². The molecule has 2 N–H and O–H groups in total. The molecule has 0 unspecified atom stereocenters. The molecule has 0 aliphatic carbocycles. The highest BCUT2D eigenvalue weighted by Gasteiger charge is 2.35. The van der Waals surface area contributed by atoms with Crippen LogP contribution in [0.2, 0.25) is 0 Å². The summed E-state index contributed by atoms with van der Waals surface area (Å²) in [7, 11) is 0. The van der Waals surface area contributed by atoms with Crippen molar-refractivity contribution in [3.8, 4) is 5.75 Å². The average Bonchev–Trinajstić information content (AvgIpc) is 3.31.